The molecule has 0 bridgehead atoms. The highest BCUT2D eigenvalue weighted by atomic mass is 15.5. The number of nitrogens with zero attached hydrogens (tertiary/aromatic N) is 4. The monoisotopic (exact) mass is 366 g/mol. The predicted octanol–water partition coefficient (Wildman–Crippen LogP) is 4.54. The van der Waals surface area contributed by atoms with Gasteiger partial charge in [-0.15, -0.1) is 0 Å². The van der Waals surface area contributed by atoms with Crippen molar-refractivity contribution in [2.24, 2.45) is 5.10 Å². The second-order valence-corrected chi connectivity index (χ2v) is 7.11. The van der Waals surface area contributed by atoms with E-state index in [0.29, 0.717) is 0 Å². The third kappa shape index (κ3) is 3.18. The van der Waals surface area contributed by atoms with E-state index in [-0.39, 0.29) is 0 Å². The lowest BCUT2D eigenvalue weighted by Crippen LogP contribution is -2.44. The third-order valence-electron chi connectivity index (χ3n) is 5.39. The molecule has 3 aromatic carbocycles. The van der Waals surface area contributed by atoms with Gasteiger partial charge in [-0.05, 0) is 39.7 Å². The summed E-state index contributed by atoms with van der Waals surface area (Å²) in [6.07, 6.45) is 3.90. The Labute approximate surface area is 164 Å². The molecule has 1 saturated heterocycles. The number of aromatic nitrogens is 1. The van der Waals surface area contributed by atoms with Crippen LogP contribution < -0.4 is 4.90 Å². The summed E-state index contributed by atoms with van der Waals surface area (Å²) in [7, 11) is 0. The van der Waals surface area contributed by atoms with Crippen molar-refractivity contribution in [3.8, 4) is 0 Å². The number of rotatable bonds is 3. The number of anilines is 1. The van der Waals surface area contributed by atoms with Crippen molar-refractivity contribution in [1.82, 2.24) is 9.99 Å². The molecular formula is C24H22N4. The van der Waals surface area contributed by atoms with Crippen LogP contribution in [0.4, 0.5) is 5.82 Å². The Morgan fingerprint density at radius 2 is 1.39 bits per heavy atom. The van der Waals surface area contributed by atoms with E-state index in [1.54, 1.807) is 0 Å². The summed E-state index contributed by atoms with van der Waals surface area (Å²) < 4.78 is 0. The zero-order valence-corrected chi connectivity index (χ0v) is 15.7. The normalized spacial score (nSPS) is 15.0. The quantitative estimate of drug-likeness (QED) is 0.394. The lowest BCUT2D eigenvalue weighted by Gasteiger charge is -2.33. The van der Waals surface area contributed by atoms with Crippen LogP contribution in [0.5, 0.6) is 0 Å². The van der Waals surface area contributed by atoms with Gasteiger partial charge in [0, 0.05) is 24.8 Å². The molecule has 1 aliphatic heterocycles. The molecule has 4 aromatic rings. The molecule has 0 N–H and O–H groups in total. The Balaban J connectivity index is 1.41. The first-order chi connectivity index (χ1) is 13.9. The van der Waals surface area contributed by atoms with Gasteiger partial charge in [0.2, 0.25) is 0 Å². The van der Waals surface area contributed by atoms with E-state index in [4.69, 9.17) is 5.10 Å². The van der Waals surface area contributed by atoms with Gasteiger partial charge < -0.3 is 4.90 Å². The van der Waals surface area contributed by atoms with E-state index in [1.807, 2.05) is 24.5 Å². The Hall–Kier alpha value is -3.40. The number of hydrogen-bond donors (Lipinski definition) is 0. The molecule has 1 fully saturated rings. The van der Waals surface area contributed by atoms with E-state index in [0.717, 1.165) is 32.0 Å². The van der Waals surface area contributed by atoms with Crippen molar-refractivity contribution in [3.05, 3.63) is 84.6 Å². The standard InChI is InChI=1S/C24H22N4/c1-3-9-21-19(7-1)17-20-8-2-4-10-22(20)23(21)18-26-28-15-13-27(14-16-28)24-11-5-6-12-25-24/h1-12,17-18H,13-16H2/b26-18+. The Morgan fingerprint density at radius 3 is 2.04 bits per heavy atom. The average molecular weight is 366 g/mol. The largest absolute Gasteiger partial charge is 0.353 e. The van der Waals surface area contributed by atoms with Crippen LogP contribution in [-0.4, -0.2) is 42.4 Å². The van der Waals surface area contributed by atoms with Crippen molar-refractivity contribution in [2.45, 2.75) is 0 Å². The van der Waals surface area contributed by atoms with Crippen LogP contribution in [0.3, 0.4) is 0 Å². The molecular weight excluding hydrogens is 344 g/mol. The van der Waals surface area contributed by atoms with Crippen molar-refractivity contribution in [1.29, 1.82) is 0 Å². The first-order valence-electron chi connectivity index (χ1n) is 9.74. The van der Waals surface area contributed by atoms with Crippen molar-refractivity contribution in [3.63, 3.8) is 0 Å². The molecule has 0 unspecified atom stereocenters. The van der Waals surface area contributed by atoms with Crippen molar-refractivity contribution < 1.29 is 0 Å². The Bertz CT molecular complexity index is 1080. The molecule has 4 heteroatoms. The zero-order chi connectivity index (χ0) is 18.8. The molecule has 1 aliphatic rings. The Kier molecular flexibility index (Phi) is 4.37. The maximum Gasteiger partial charge on any atom is 0.128 e. The van der Waals surface area contributed by atoms with Crippen LogP contribution in [0.25, 0.3) is 21.5 Å². The Morgan fingerprint density at radius 1 is 0.750 bits per heavy atom. The second kappa shape index (κ2) is 7.31. The predicted molar refractivity (Wildman–Crippen MR) is 117 cm³/mol. The molecule has 5 rings (SSSR count). The smallest absolute Gasteiger partial charge is 0.128 e. The first-order valence-corrected chi connectivity index (χ1v) is 9.74. The van der Waals surface area contributed by atoms with E-state index in [9.17, 15) is 0 Å². The minimum absolute atomic E-state index is 0.899. The topological polar surface area (TPSA) is 31.7 Å². The maximum absolute atomic E-state index is 4.84. The molecule has 4 nitrogen and oxygen atoms in total. The second-order valence-electron chi connectivity index (χ2n) is 7.11. The summed E-state index contributed by atoms with van der Waals surface area (Å²) in [5.41, 5.74) is 1.20. The van der Waals surface area contributed by atoms with Crippen molar-refractivity contribution >= 4 is 33.6 Å². The van der Waals surface area contributed by atoms with Gasteiger partial charge in [-0.25, -0.2) is 4.98 Å². The summed E-state index contributed by atoms with van der Waals surface area (Å²) in [6, 6.07) is 25.4. The molecule has 0 aliphatic carbocycles. The van der Waals surface area contributed by atoms with Crippen LogP contribution in [0.15, 0.2) is 84.1 Å². The molecule has 0 radical (unpaired) electrons. The molecule has 28 heavy (non-hydrogen) atoms. The van der Waals surface area contributed by atoms with Gasteiger partial charge in [0.1, 0.15) is 5.82 Å². The SMILES string of the molecule is C(=N\N1CCN(c2ccccn2)CC1)/c1c2ccccc2cc2ccccc12. The lowest BCUT2D eigenvalue weighted by molar-refractivity contribution is 0.271. The summed E-state index contributed by atoms with van der Waals surface area (Å²) in [5.74, 6) is 1.05. The van der Waals surface area contributed by atoms with Crippen LogP contribution in [-0.2, 0) is 0 Å². The van der Waals surface area contributed by atoms with Crippen LogP contribution in [0, 0.1) is 0 Å². The molecule has 0 amide bonds. The fourth-order valence-corrected chi connectivity index (χ4v) is 3.91. The number of piperazine rings is 1. The lowest BCUT2D eigenvalue weighted by atomic mass is 9.97. The number of benzene rings is 3. The van der Waals surface area contributed by atoms with Gasteiger partial charge in [0.15, 0.2) is 0 Å². The molecule has 0 spiro atoms. The molecule has 2 heterocycles. The molecule has 0 atom stereocenters. The van der Waals surface area contributed by atoms with E-state index >= 15 is 0 Å². The molecule has 138 valence electrons. The summed E-state index contributed by atoms with van der Waals surface area (Å²) >= 11 is 0. The third-order valence-corrected chi connectivity index (χ3v) is 5.39. The fourth-order valence-electron chi connectivity index (χ4n) is 3.91. The number of pyridine rings is 1. The molecule has 1 aromatic heterocycles. The molecule has 0 saturated carbocycles. The summed E-state index contributed by atoms with van der Waals surface area (Å²) in [5, 5.41) is 12.0. The van der Waals surface area contributed by atoms with Gasteiger partial charge in [-0.2, -0.15) is 5.10 Å². The van der Waals surface area contributed by atoms with Gasteiger partial charge in [-0.3, -0.25) is 5.01 Å². The fraction of sp³-hybridized carbons (Fsp3) is 0.167. The highest BCUT2D eigenvalue weighted by Crippen LogP contribution is 2.27. The summed E-state index contributed by atoms with van der Waals surface area (Å²) in [6.45, 7) is 3.67. The van der Waals surface area contributed by atoms with Gasteiger partial charge >= 0.3 is 0 Å². The zero-order valence-electron chi connectivity index (χ0n) is 15.7. The van der Waals surface area contributed by atoms with E-state index in [2.05, 4.69) is 75.6 Å². The minimum atomic E-state index is 0.899. The number of fused-ring (bicyclic) bond motifs is 2. The van der Waals surface area contributed by atoms with Gasteiger partial charge in [-0.1, -0.05) is 54.6 Å². The van der Waals surface area contributed by atoms with Crippen LogP contribution in [0.1, 0.15) is 5.56 Å². The minimum Gasteiger partial charge on any atom is -0.353 e. The number of hydrazone groups is 1. The highest BCUT2D eigenvalue weighted by Gasteiger charge is 2.16. The van der Waals surface area contributed by atoms with Crippen LogP contribution >= 0.6 is 0 Å². The van der Waals surface area contributed by atoms with Crippen molar-refractivity contribution in [2.75, 3.05) is 31.1 Å². The number of hydrogen-bond acceptors (Lipinski definition) is 4. The maximum atomic E-state index is 4.84. The first kappa shape index (κ1) is 16.8. The van der Waals surface area contributed by atoms with E-state index < -0.39 is 0 Å². The summed E-state index contributed by atoms with van der Waals surface area (Å²) in [4.78, 5) is 6.78. The van der Waals surface area contributed by atoms with Gasteiger partial charge in [0.25, 0.3) is 0 Å². The van der Waals surface area contributed by atoms with Gasteiger partial charge in [0.05, 0.1) is 19.3 Å². The highest BCUT2D eigenvalue weighted by molar-refractivity contribution is 6.13. The van der Waals surface area contributed by atoms with Crippen LogP contribution in [0.2, 0.25) is 0 Å². The van der Waals surface area contributed by atoms with E-state index in [1.165, 1.54) is 27.1 Å². The average Bonchev–Trinajstić information content (AvgIpc) is 2.77.